The average molecular weight is 278 g/mol. The van der Waals surface area contributed by atoms with Crippen LogP contribution in [0.25, 0.3) is 0 Å². The molecule has 0 aliphatic rings. The molecule has 2 heterocycles. The molecule has 6 heteroatoms. The lowest BCUT2D eigenvalue weighted by molar-refractivity contribution is 0.863. The topological polar surface area (TPSA) is 55.0 Å². The first-order chi connectivity index (χ1) is 8.66. The van der Waals surface area contributed by atoms with Crippen LogP contribution >= 0.6 is 23.6 Å². The van der Waals surface area contributed by atoms with Gasteiger partial charge in [0.1, 0.15) is 16.5 Å². The summed E-state index contributed by atoms with van der Waals surface area (Å²) in [7, 11) is 2.00. The third-order valence-electron chi connectivity index (χ3n) is 2.56. The third kappa shape index (κ3) is 3.24. The zero-order chi connectivity index (χ0) is 13.0. The predicted octanol–water partition coefficient (Wildman–Crippen LogP) is 1.85. The Labute approximate surface area is 115 Å². The lowest BCUT2D eigenvalue weighted by Gasteiger charge is -2.17. The SMILES string of the molecule is CN(CCc1cccs1)c1cnc(C(N)=S)cn1. The van der Waals surface area contributed by atoms with E-state index in [1.807, 2.05) is 7.05 Å². The molecule has 0 amide bonds. The minimum Gasteiger partial charge on any atom is -0.388 e. The highest BCUT2D eigenvalue weighted by atomic mass is 32.1. The monoisotopic (exact) mass is 278 g/mol. The standard InChI is InChI=1S/C12H14N4S2/c1-16(5-4-9-3-2-6-18-9)11-8-14-10(7-15-11)12(13)17/h2-3,6-8H,4-5H2,1H3,(H2,13,17). The second kappa shape index (κ2) is 5.88. The number of hydrogen-bond acceptors (Lipinski definition) is 5. The van der Waals surface area contributed by atoms with E-state index in [-0.39, 0.29) is 4.99 Å². The van der Waals surface area contributed by atoms with Gasteiger partial charge in [-0.05, 0) is 17.9 Å². The first-order valence-electron chi connectivity index (χ1n) is 5.52. The molecule has 0 atom stereocenters. The van der Waals surface area contributed by atoms with Gasteiger partial charge in [0.2, 0.25) is 0 Å². The van der Waals surface area contributed by atoms with Gasteiger partial charge in [-0.1, -0.05) is 18.3 Å². The molecular formula is C12H14N4S2. The molecule has 0 saturated heterocycles. The minimum absolute atomic E-state index is 0.273. The van der Waals surface area contributed by atoms with E-state index in [9.17, 15) is 0 Å². The van der Waals surface area contributed by atoms with Gasteiger partial charge in [-0.15, -0.1) is 11.3 Å². The molecule has 0 fully saturated rings. The summed E-state index contributed by atoms with van der Waals surface area (Å²) in [6.07, 6.45) is 4.31. The molecule has 2 rings (SSSR count). The van der Waals surface area contributed by atoms with Crippen LogP contribution in [0.4, 0.5) is 5.82 Å². The highest BCUT2D eigenvalue weighted by Crippen LogP contribution is 2.12. The van der Waals surface area contributed by atoms with Crippen LogP contribution in [0.2, 0.25) is 0 Å². The van der Waals surface area contributed by atoms with Crippen molar-refractivity contribution in [2.24, 2.45) is 5.73 Å². The fraction of sp³-hybridized carbons (Fsp3) is 0.250. The molecule has 0 aliphatic heterocycles. The van der Waals surface area contributed by atoms with Crippen molar-refractivity contribution in [2.75, 3.05) is 18.5 Å². The van der Waals surface area contributed by atoms with Crippen LogP contribution < -0.4 is 10.6 Å². The Morgan fingerprint density at radius 2 is 2.28 bits per heavy atom. The molecule has 0 radical (unpaired) electrons. The third-order valence-corrected chi connectivity index (χ3v) is 3.70. The van der Waals surface area contributed by atoms with E-state index >= 15 is 0 Å². The zero-order valence-corrected chi connectivity index (χ0v) is 11.7. The van der Waals surface area contributed by atoms with Crippen molar-refractivity contribution in [1.82, 2.24) is 9.97 Å². The highest BCUT2D eigenvalue weighted by molar-refractivity contribution is 7.80. The van der Waals surface area contributed by atoms with Crippen LogP contribution in [0.3, 0.4) is 0 Å². The van der Waals surface area contributed by atoms with Crippen molar-refractivity contribution in [1.29, 1.82) is 0 Å². The predicted molar refractivity (Wildman–Crippen MR) is 79.2 cm³/mol. The fourth-order valence-electron chi connectivity index (χ4n) is 1.49. The molecule has 0 spiro atoms. The summed E-state index contributed by atoms with van der Waals surface area (Å²) < 4.78 is 0. The molecule has 2 N–H and O–H groups in total. The number of hydrogen-bond donors (Lipinski definition) is 1. The smallest absolute Gasteiger partial charge is 0.146 e. The number of nitrogens with two attached hydrogens (primary N) is 1. The molecule has 0 unspecified atom stereocenters. The van der Waals surface area contributed by atoms with Gasteiger partial charge in [0.15, 0.2) is 0 Å². The molecule has 18 heavy (non-hydrogen) atoms. The number of thiocarbonyl (C=S) groups is 1. The summed E-state index contributed by atoms with van der Waals surface area (Å²) >= 11 is 6.61. The quantitative estimate of drug-likeness (QED) is 0.846. The van der Waals surface area contributed by atoms with Crippen molar-refractivity contribution >= 4 is 34.4 Å². The van der Waals surface area contributed by atoms with E-state index in [1.54, 1.807) is 23.7 Å². The van der Waals surface area contributed by atoms with Crippen LogP contribution in [-0.2, 0) is 6.42 Å². The molecule has 4 nitrogen and oxygen atoms in total. The summed E-state index contributed by atoms with van der Waals surface area (Å²) in [4.78, 5) is 12.2. The maximum absolute atomic E-state index is 5.48. The van der Waals surface area contributed by atoms with E-state index in [1.165, 1.54) is 4.88 Å². The first-order valence-corrected chi connectivity index (χ1v) is 6.81. The average Bonchev–Trinajstić information content (AvgIpc) is 2.89. The number of rotatable bonds is 5. The molecule has 0 aromatic carbocycles. The molecule has 0 aliphatic carbocycles. The van der Waals surface area contributed by atoms with Crippen LogP contribution in [0.5, 0.6) is 0 Å². The van der Waals surface area contributed by atoms with Gasteiger partial charge >= 0.3 is 0 Å². The highest BCUT2D eigenvalue weighted by Gasteiger charge is 2.05. The Balaban J connectivity index is 1.96. The molecule has 94 valence electrons. The Morgan fingerprint density at radius 1 is 1.44 bits per heavy atom. The maximum Gasteiger partial charge on any atom is 0.146 e. The van der Waals surface area contributed by atoms with E-state index in [4.69, 9.17) is 18.0 Å². The Hall–Kier alpha value is -1.53. The maximum atomic E-state index is 5.48. The summed E-state index contributed by atoms with van der Waals surface area (Å²) in [5, 5.41) is 2.09. The van der Waals surface area contributed by atoms with Crippen molar-refractivity contribution in [3.8, 4) is 0 Å². The first kappa shape index (κ1) is 12.9. The molecule has 2 aromatic rings. The van der Waals surface area contributed by atoms with Gasteiger partial charge in [0.05, 0.1) is 12.4 Å². The van der Waals surface area contributed by atoms with Crippen LogP contribution in [0.1, 0.15) is 10.6 Å². The minimum atomic E-state index is 0.273. The van der Waals surface area contributed by atoms with Crippen molar-refractivity contribution in [2.45, 2.75) is 6.42 Å². The molecule has 0 saturated carbocycles. The van der Waals surface area contributed by atoms with Crippen molar-refractivity contribution in [3.05, 3.63) is 40.5 Å². The van der Waals surface area contributed by atoms with E-state index in [2.05, 4.69) is 32.4 Å². The number of likely N-dealkylation sites (N-methyl/N-ethyl adjacent to an activating group) is 1. The van der Waals surface area contributed by atoms with Gasteiger partial charge in [-0.25, -0.2) is 9.97 Å². The number of nitrogens with zero attached hydrogens (tertiary/aromatic N) is 3. The lowest BCUT2D eigenvalue weighted by Crippen LogP contribution is -2.22. The van der Waals surface area contributed by atoms with Gasteiger partial charge in [-0.2, -0.15) is 0 Å². The normalized spacial score (nSPS) is 10.3. The fourth-order valence-corrected chi connectivity index (χ4v) is 2.30. The number of anilines is 1. The van der Waals surface area contributed by atoms with Gasteiger partial charge in [0, 0.05) is 18.5 Å². The van der Waals surface area contributed by atoms with Gasteiger partial charge in [-0.3, -0.25) is 0 Å². The van der Waals surface area contributed by atoms with E-state index < -0.39 is 0 Å². The second-order valence-electron chi connectivity index (χ2n) is 3.88. The molecule has 2 aromatic heterocycles. The summed E-state index contributed by atoms with van der Waals surface area (Å²) in [6, 6.07) is 4.21. The summed E-state index contributed by atoms with van der Waals surface area (Å²) in [5.74, 6) is 0.826. The summed E-state index contributed by atoms with van der Waals surface area (Å²) in [6.45, 7) is 0.904. The largest absolute Gasteiger partial charge is 0.388 e. The Morgan fingerprint density at radius 3 is 2.83 bits per heavy atom. The van der Waals surface area contributed by atoms with Crippen LogP contribution in [0, 0.1) is 0 Å². The summed E-state index contributed by atoms with van der Waals surface area (Å²) in [5.41, 5.74) is 6.04. The second-order valence-corrected chi connectivity index (χ2v) is 5.35. The van der Waals surface area contributed by atoms with Gasteiger partial charge < -0.3 is 10.6 Å². The zero-order valence-electron chi connectivity index (χ0n) is 10.0. The number of thiophene rings is 1. The van der Waals surface area contributed by atoms with E-state index in [0.717, 1.165) is 18.8 Å². The molecule has 0 bridgehead atoms. The van der Waals surface area contributed by atoms with Crippen molar-refractivity contribution in [3.63, 3.8) is 0 Å². The number of aromatic nitrogens is 2. The van der Waals surface area contributed by atoms with E-state index in [0.29, 0.717) is 5.69 Å². The van der Waals surface area contributed by atoms with Crippen LogP contribution in [-0.4, -0.2) is 28.5 Å². The Kier molecular flexibility index (Phi) is 4.22. The Bertz CT molecular complexity index is 507. The van der Waals surface area contributed by atoms with Gasteiger partial charge in [0.25, 0.3) is 0 Å². The lowest BCUT2D eigenvalue weighted by atomic mass is 10.3. The molecular weight excluding hydrogens is 264 g/mol. The van der Waals surface area contributed by atoms with Crippen LogP contribution in [0.15, 0.2) is 29.9 Å². The van der Waals surface area contributed by atoms with Crippen molar-refractivity contribution < 1.29 is 0 Å².